The third kappa shape index (κ3) is 7.25. The predicted octanol–water partition coefficient (Wildman–Crippen LogP) is 6.34. The summed E-state index contributed by atoms with van der Waals surface area (Å²) in [6.45, 7) is 9.01. The molecule has 2 aromatic carbocycles. The molecule has 1 unspecified atom stereocenters. The predicted molar refractivity (Wildman–Crippen MR) is 153 cm³/mol. The lowest BCUT2D eigenvalue weighted by atomic mass is 9.98. The van der Waals surface area contributed by atoms with Crippen molar-refractivity contribution in [3.8, 4) is 5.75 Å². The molecule has 0 saturated carbocycles. The van der Waals surface area contributed by atoms with Crippen LogP contribution in [0.1, 0.15) is 60.3 Å². The molecular formula is C31H38F3N3O5. The van der Waals surface area contributed by atoms with Crippen LogP contribution in [0.25, 0.3) is 10.9 Å². The molecule has 1 aromatic heterocycles. The molecule has 1 atom stereocenters. The first-order chi connectivity index (χ1) is 19.7. The maximum absolute atomic E-state index is 13.0. The Morgan fingerprint density at radius 3 is 2.31 bits per heavy atom. The van der Waals surface area contributed by atoms with Crippen LogP contribution in [0.3, 0.4) is 0 Å². The van der Waals surface area contributed by atoms with Crippen LogP contribution in [0.4, 0.5) is 18.0 Å². The molecule has 1 saturated heterocycles. The highest BCUT2D eigenvalue weighted by molar-refractivity contribution is 5.95. The van der Waals surface area contributed by atoms with E-state index in [4.69, 9.17) is 14.2 Å². The van der Waals surface area contributed by atoms with Crippen LogP contribution < -0.4 is 4.74 Å². The maximum Gasteiger partial charge on any atom is 0.419 e. The summed E-state index contributed by atoms with van der Waals surface area (Å²) in [6.07, 6.45) is -3.92. The second-order valence-electron chi connectivity index (χ2n) is 11.6. The van der Waals surface area contributed by atoms with E-state index in [0.717, 1.165) is 22.1 Å². The van der Waals surface area contributed by atoms with Crippen molar-refractivity contribution in [2.75, 3.05) is 40.4 Å². The van der Waals surface area contributed by atoms with E-state index >= 15 is 0 Å². The molecule has 1 fully saturated rings. The lowest BCUT2D eigenvalue weighted by Crippen LogP contribution is -2.48. The summed E-state index contributed by atoms with van der Waals surface area (Å²) < 4.78 is 56.8. The van der Waals surface area contributed by atoms with E-state index in [1.54, 1.807) is 25.4 Å². The molecule has 11 heteroatoms. The first kappa shape index (κ1) is 31.4. The molecule has 3 aromatic rings. The Kier molecular flexibility index (Phi) is 9.22. The van der Waals surface area contributed by atoms with Gasteiger partial charge in [0.25, 0.3) is 0 Å². The molecule has 8 nitrogen and oxygen atoms in total. The lowest BCUT2D eigenvalue weighted by Gasteiger charge is -2.42. The Hall–Kier alpha value is -3.57. The van der Waals surface area contributed by atoms with Crippen LogP contribution in [0.15, 0.2) is 42.6 Å². The van der Waals surface area contributed by atoms with E-state index in [1.165, 1.54) is 11.7 Å². The van der Waals surface area contributed by atoms with Crippen LogP contribution >= 0.6 is 0 Å². The Bertz CT molecular complexity index is 1430. The van der Waals surface area contributed by atoms with Gasteiger partial charge in [-0.05, 0) is 63.1 Å². The Balaban J connectivity index is 1.71. The number of esters is 1. The SMILES string of the molecule is COC(=O)c1ccc(C2CN(CCC(F)(F)F)CCN2Cc2c(OC)cc(C)c3c2ccn3C(=O)OC(C)(C)C)cc1. The third-order valence-electron chi connectivity index (χ3n) is 7.40. The number of nitrogens with zero attached hydrogens (tertiary/aromatic N) is 3. The van der Waals surface area contributed by atoms with Crippen molar-refractivity contribution in [3.05, 3.63) is 64.8 Å². The molecule has 1 aliphatic rings. The van der Waals surface area contributed by atoms with Crippen LogP contribution in [0, 0.1) is 6.92 Å². The number of halogens is 3. The monoisotopic (exact) mass is 589 g/mol. The topological polar surface area (TPSA) is 73.2 Å². The van der Waals surface area contributed by atoms with E-state index in [9.17, 15) is 22.8 Å². The van der Waals surface area contributed by atoms with Gasteiger partial charge in [-0.15, -0.1) is 0 Å². The standard InChI is InChI=1S/C31H38F3N3O5/c1-20-17-26(40-5)24(23-11-13-37(27(20)23)29(39)42-30(2,3)4)18-36-16-15-35(14-12-31(32,33)34)19-25(36)21-7-9-22(10-8-21)28(38)41-6/h7-11,13,17,25H,12,14-16,18-19H2,1-6H3. The third-order valence-corrected chi connectivity index (χ3v) is 7.40. The highest BCUT2D eigenvalue weighted by Crippen LogP contribution is 2.36. The minimum absolute atomic E-state index is 0.0923. The second-order valence-corrected chi connectivity index (χ2v) is 11.6. The summed E-state index contributed by atoms with van der Waals surface area (Å²) in [7, 11) is 2.90. The number of fused-ring (bicyclic) bond motifs is 1. The van der Waals surface area contributed by atoms with E-state index in [1.807, 2.05) is 56.9 Å². The number of hydrogen-bond donors (Lipinski definition) is 0. The van der Waals surface area contributed by atoms with Crippen LogP contribution in [0.5, 0.6) is 5.75 Å². The van der Waals surface area contributed by atoms with Crippen molar-refractivity contribution in [3.63, 3.8) is 0 Å². The van der Waals surface area contributed by atoms with Gasteiger partial charge in [0, 0.05) is 55.9 Å². The minimum atomic E-state index is -4.24. The zero-order valence-electron chi connectivity index (χ0n) is 24.9. The van der Waals surface area contributed by atoms with E-state index in [2.05, 4.69) is 4.90 Å². The van der Waals surface area contributed by atoms with Gasteiger partial charge in [-0.25, -0.2) is 9.59 Å². The van der Waals surface area contributed by atoms with E-state index in [0.29, 0.717) is 43.0 Å². The Morgan fingerprint density at radius 2 is 1.71 bits per heavy atom. The van der Waals surface area contributed by atoms with Crippen molar-refractivity contribution in [2.24, 2.45) is 0 Å². The summed E-state index contributed by atoms with van der Waals surface area (Å²) in [5, 5.41) is 0.831. The number of carbonyl (C=O) groups excluding carboxylic acids is 2. The molecule has 42 heavy (non-hydrogen) atoms. The van der Waals surface area contributed by atoms with Crippen LogP contribution in [0.2, 0.25) is 0 Å². The normalized spacial score (nSPS) is 16.9. The van der Waals surface area contributed by atoms with Crippen molar-refractivity contribution in [1.82, 2.24) is 14.4 Å². The first-order valence-corrected chi connectivity index (χ1v) is 13.8. The number of piperazine rings is 1. The summed E-state index contributed by atoms with van der Waals surface area (Å²) in [5.74, 6) is 0.191. The molecule has 0 amide bonds. The van der Waals surface area contributed by atoms with Gasteiger partial charge in [0.2, 0.25) is 0 Å². The molecule has 1 aliphatic heterocycles. The van der Waals surface area contributed by atoms with E-state index in [-0.39, 0.29) is 12.6 Å². The maximum atomic E-state index is 13.0. The highest BCUT2D eigenvalue weighted by atomic mass is 19.4. The quantitative estimate of drug-likeness (QED) is 0.298. The average molecular weight is 590 g/mol. The number of aromatic nitrogens is 1. The fourth-order valence-electron chi connectivity index (χ4n) is 5.40. The zero-order valence-corrected chi connectivity index (χ0v) is 24.9. The molecule has 228 valence electrons. The molecule has 2 heterocycles. The van der Waals surface area contributed by atoms with Crippen molar-refractivity contribution in [1.29, 1.82) is 0 Å². The van der Waals surface area contributed by atoms with Crippen molar-refractivity contribution in [2.45, 2.75) is 58.5 Å². The molecular weight excluding hydrogens is 551 g/mol. The number of alkyl halides is 3. The summed E-state index contributed by atoms with van der Waals surface area (Å²) in [4.78, 5) is 29.0. The van der Waals surface area contributed by atoms with Gasteiger partial charge < -0.3 is 14.2 Å². The number of benzene rings is 2. The van der Waals surface area contributed by atoms with Gasteiger partial charge in [0.1, 0.15) is 11.4 Å². The molecule has 4 rings (SSSR count). The van der Waals surface area contributed by atoms with Gasteiger partial charge in [-0.1, -0.05) is 12.1 Å². The molecule has 0 radical (unpaired) electrons. The fourth-order valence-corrected chi connectivity index (χ4v) is 5.40. The number of methoxy groups -OCH3 is 2. The number of aryl methyl sites for hydroxylation is 1. The smallest absolute Gasteiger partial charge is 0.419 e. The Labute approximate surface area is 243 Å². The molecule has 0 spiro atoms. The number of carbonyl (C=O) groups is 2. The summed E-state index contributed by atoms with van der Waals surface area (Å²) in [5.41, 5.74) is 3.01. The van der Waals surface area contributed by atoms with Gasteiger partial charge in [-0.3, -0.25) is 14.4 Å². The van der Waals surface area contributed by atoms with Gasteiger partial charge in [0.15, 0.2) is 0 Å². The van der Waals surface area contributed by atoms with Gasteiger partial charge in [-0.2, -0.15) is 13.2 Å². The molecule has 0 N–H and O–H groups in total. The van der Waals surface area contributed by atoms with Crippen molar-refractivity contribution >= 4 is 23.0 Å². The summed E-state index contributed by atoms with van der Waals surface area (Å²) >= 11 is 0. The Morgan fingerprint density at radius 1 is 1.02 bits per heavy atom. The lowest BCUT2D eigenvalue weighted by molar-refractivity contribution is -0.139. The summed E-state index contributed by atoms with van der Waals surface area (Å²) in [6, 6.07) is 10.5. The zero-order chi connectivity index (χ0) is 30.8. The largest absolute Gasteiger partial charge is 0.496 e. The second kappa shape index (κ2) is 12.3. The average Bonchev–Trinajstić information content (AvgIpc) is 3.38. The van der Waals surface area contributed by atoms with Crippen molar-refractivity contribution < 1.29 is 37.0 Å². The first-order valence-electron chi connectivity index (χ1n) is 13.8. The highest BCUT2D eigenvalue weighted by Gasteiger charge is 2.33. The molecule has 0 bridgehead atoms. The number of hydrogen-bond acceptors (Lipinski definition) is 7. The minimum Gasteiger partial charge on any atom is -0.496 e. The fraction of sp³-hybridized carbons (Fsp3) is 0.484. The number of ether oxygens (including phenoxy) is 3. The van der Waals surface area contributed by atoms with Crippen LogP contribution in [-0.2, 0) is 16.0 Å². The van der Waals surface area contributed by atoms with Gasteiger partial charge in [0.05, 0.1) is 31.7 Å². The van der Waals surface area contributed by atoms with Gasteiger partial charge >= 0.3 is 18.2 Å². The molecule has 0 aliphatic carbocycles. The number of rotatable bonds is 7. The van der Waals surface area contributed by atoms with Crippen LogP contribution in [-0.4, -0.2) is 78.6 Å². The van der Waals surface area contributed by atoms with E-state index < -0.39 is 30.3 Å².